The maximum atomic E-state index is 12.7. The minimum atomic E-state index is -1.75. The molecule has 0 aromatic heterocycles. The van der Waals surface area contributed by atoms with E-state index in [1.165, 1.54) is 13.8 Å². The van der Waals surface area contributed by atoms with Gasteiger partial charge in [-0.15, -0.1) is 0 Å². The van der Waals surface area contributed by atoms with E-state index in [1.54, 1.807) is 0 Å². The van der Waals surface area contributed by atoms with E-state index in [1.807, 2.05) is 0 Å². The third-order valence-electron chi connectivity index (χ3n) is 4.60. The van der Waals surface area contributed by atoms with Gasteiger partial charge in [-0.1, -0.05) is 13.8 Å². The second-order valence-electron chi connectivity index (χ2n) is 7.98. The summed E-state index contributed by atoms with van der Waals surface area (Å²) in [5.74, 6) is -8.36. The molecular formula is C19H33N7O9. The molecule has 0 aromatic rings. The van der Waals surface area contributed by atoms with Crippen LogP contribution >= 0.6 is 0 Å². The zero-order chi connectivity index (χ0) is 27.3. The highest BCUT2D eigenvalue weighted by molar-refractivity contribution is 5.96. The third-order valence-corrected chi connectivity index (χ3v) is 4.60. The summed E-state index contributed by atoms with van der Waals surface area (Å²) in [7, 11) is 0. The van der Waals surface area contributed by atoms with Gasteiger partial charge in [0.1, 0.15) is 18.1 Å². The quantitative estimate of drug-likeness (QED) is 0.0563. The van der Waals surface area contributed by atoms with Crippen LogP contribution in [0.4, 0.5) is 0 Å². The Bertz CT molecular complexity index is 818. The van der Waals surface area contributed by atoms with Gasteiger partial charge in [-0.2, -0.15) is 0 Å². The summed E-state index contributed by atoms with van der Waals surface area (Å²) in [6, 6.07) is -5.97. The van der Waals surface area contributed by atoms with Crippen LogP contribution in [0.1, 0.15) is 39.5 Å². The molecule has 0 aromatic carbocycles. The van der Waals surface area contributed by atoms with Crippen LogP contribution in [-0.2, 0) is 28.8 Å². The zero-order valence-electron chi connectivity index (χ0n) is 19.4. The van der Waals surface area contributed by atoms with E-state index in [0.29, 0.717) is 6.42 Å². The molecule has 0 rings (SSSR count). The highest BCUT2D eigenvalue weighted by atomic mass is 16.4. The lowest BCUT2D eigenvalue weighted by molar-refractivity contribution is -0.145. The Kier molecular flexibility index (Phi) is 13.4. The summed E-state index contributed by atoms with van der Waals surface area (Å²) in [4.78, 5) is 71.2. The molecule has 12 N–H and O–H groups in total. The molecule has 0 fully saturated rings. The maximum absolute atomic E-state index is 12.7. The van der Waals surface area contributed by atoms with Gasteiger partial charge in [0, 0.05) is 6.54 Å². The molecule has 0 aliphatic carbocycles. The van der Waals surface area contributed by atoms with Crippen LogP contribution in [0.15, 0.2) is 0 Å². The van der Waals surface area contributed by atoms with Crippen molar-refractivity contribution in [1.82, 2.24) is 21.3 Å². The fourth-order valence-electron chi connectivity index (χ4n) is 2.76. The Balaban J connectivity index is 5.39. The van der Waals surface area contributed by atoms with Gasteiger partial charge in [0.05, 0.1) is 18.9 Å². The molecule has 0 unspecified atom stereocenters. The third kappa shape index (κ3) is 12.8. The summed E-state index contributed by atoms with van der Waals surface area (Å²) in [5.41, 5.74) is 10.9. The van der Waals surface area contributed by atoms with Crippen LogP contribution in [0.25, 0.3) is 0 Å². The topological polar surface area (TPSA) is 287 Å². The van der Waals surface area contributed by atoms with Crippen LogP contribution in [-0.4, -0.2) is 87.6 Å². The molecule has 0 aliphatic rings. The SMILES string of the molecule is CC(C)[C@H](NC(=O)[C@H](CC(=O)O)NC(=O)[C@H](CC(=O)O)NC(=O)[C@@H](N)CCCNC(=N)N)C(=O)O. The number of carboxylic acid groups (broad SMARTS) is 3. The van der Waals surface area contributed by atoms with Crippen molar-refractivity contribution < 1.29 is 44.1 Å². The van der Waals surface area contributed by atoms with Crippen molar-refractivity contribution in [3.05, 3.63) is 0 Å². The van der Waals surface area contributed by atoms with Crippen molar-refractivity contribution in [2.45, 2.75) is 63.7 Å². The van der Waals surface area contributed by atoms with Crippen molar-refractivity contribution in [2.75, 3.05) is 6.54 Å². The predicted molar refractivity (Wildman–Crippen MR) is 120 cm³/mol. The lowest BCUT2D eigenvalue weighted by Crippen LogP contribution is -2.58. The van der Waals surface area contributed by atoms with E-state index in [4.69, 9.17) is 27.1 Å². The number of hydrogen-bond donors (Lipinski definition) is 10. The predicted octanol–water partition coefficient (Wildman–Crippen LogP) is -3.28. The molecule has 0 radical (unpaired) electrons. The first-order valence-corrected chi connectivity index (χ1v) is 10.6. The first-order chi connectivity index (χ1) is 16.1. The molecule has 0 saturated carbocycles. The first-order valence-electron chi connectivity index (χ1n) is 10.6. The fraction of sp³-hybridized carbons (Fsp3) is 0.632. The Labute approximate surface area is 200 Å². The second kappa shape index (κ2) is 15.0. The van der Waals surface area contributed by atoms with E-state index in [0.717, 1.165) is 0 Å². The van der Waals surface area contributed by atoms with E-state index < -0.39 is 78.6 Å². The van der Waals surface area contributed by atoms with Crippen LogP contribution in [0.5, 0.6) is 0 Å². The second-order valence-corrected chi connectivity index (χ2v) is 7.98. The Morgan fingerprint density at radius 1 is 0.829 bits per heavy atom. The van der Waals surface area contributed by atoms with Crippen molar-refractivity contribution >= 4 is 41.6 Å². The van der Waals surface area contributed by atoms with Gasteiger partial charge >= 0.3 is 17.9 Å². The van der Waals surface area contributed by atoms with E-state index in [-0.39, 0.29) is 18.9 Å². The summed E-state index contributed by atoms with van der Waals surface area (Å²) in [6.45, 7) is 3.25. The van der Waals surface area contributed by atoms with E-state index in [2.05, 4.69) is 21.3 Å². The van der Waals surface area contributed by atoms with Crippen molar-refractivity contribution in [3.63, 3.8) is 0 Å². The molecule has 0 spiro atoms. The van der Waals surface area contributed by atoms with Crippen molar-refractivity contribution in [1.29, 1.82) is 5.41 Å². The van der Waals surface area contributed by atoms with Gasteiger partial charge in [-0.3, -0.25) is 29.4 Å². The smallest absolute Gasteiger partial charge is 0.326 e. The van der Waals surface area contributed by atoms with Gasteiger partial charge in [-0.05, 0) is 18.8 Å². The molecule has 3 amide bonds. The average Bonchev–Trinajstić information content (AvgIpc) is 2.72. The average molecular weight is 504 g/mol. The highest BCUT2D eigenvalue weighted by Crippen LogP contribution is 2.05. The number of amides is 3. The number of carbonyl (C=O) groups is 6. The largest absolute Gasteiger partial charge is 0.481 e. The molecule has 16 nitrogen and oxygen atoms in total. The van der Waals surface area contributed by atoms with Gasteiger partial charge in [0.25, 0.3) is 0 Å². The monoisotopic (exact) mass is 503 g/mol. The number of hydrogen-bond acceptors (Lipinski definition) is 8. The molecule has 0 saturated heterocycles. The van der Waals surface area contributed by atoms with Crippen LogP contribution < -0.4 is 32.7 Å². The molecule has 0 aliphatic heterocycles. The molecular weight excluding hydrogens is 470 g/mol. The van der Waals surface area contributed by atoms with Gasteiger partial charge < -0.3 is 48.1 Å². The van der Waals surface area contributed by atoms with Gasteiger partial charge in [0.2, 0.25) is 17.7 Å². The van der Waals surface area contributed by atoms with Crippen LogP contribution in [0.2, 0.25) is 0 Å². The molecule has 16 heteroatoms. The number of aliphatic carboxylic acids is 3. The minimum Gasteiger partial charge on any atom is -0.481 e. The number of nitrogens with one attached hydrogen (secondary N) is 5. The van der Waals surface area contributed by atoms with Crippen molar-refractivity contribution in [3.8, 4) is 0 Å². The summed E-state index contributed by atoms with van der Waals surface area (Å²) in [5, 5.41) is 43.3. The van der Waals surface area contributed by atoms with E-state index >= 15 is 0 Å². The first kappa shape index (κ1) is 31.0. The number of nitrogens with two attached hydrogens (primary N) is 2. The Hall–Kier alpha value is -3.95. The lowest BCUT2D eigenvalue weighted by Gasteiger charge is -2.25. The number of rotatable bonds is 16. The molecule has 0 heterocycles. The standard InChI is InChI=1S/C19H33N7O9/c1-8(2)14(18(34)35)26-17(33)11(7-13(29)30)25-16(32)10(6-12(27)28)24-15(31)9(20)4-3-5-23-19(21)22/h8-11,14H,3-7,20H2,1-2H3,(H,24,31)(H,25,32)(H,26,33)(H,27,28)(H,29,30)(H,34,35)(H4,21,22,23)/t9-,10-,11-,14-/m0/s1. The maximum Gasteiger partial charge on any atom is 0.326 e. The zero-order valence-corrected chi connectivity index (χ0v) is 19.4. The lowest BCUT2D eigenvalue weighted by atomic mass is 10.0. The van der Waals surface area contributed by atoms with Crippen LogP contribution in [0.3, 0.4) is 0 Å². The number of carboxylic acids is 3. The molecule has 4 atom stereocenters. The summed E-state index contributed by atoms with van der Waals surface area (Å²) >= 11 is 0. The van der Waals surface area contributed by atoms with Crippen LogP contribution in [0, 0.1) is 11.3 Å². The molecule has 35 heavy (non-hydrogen) atoms. The molecule has 0 bridgehead atoms. The fourth-order valence-corrected chi connectivity index (χ4v) is 2.76. The van der Waals surface area contributed by atoms with E-state index in [9.17, 15) is 33.9 Å². The Morgan fingerprint density at radius 3 is 1.69 bits per heavy atom. The highest BCUT2D eigenvalue weighted by Gasteiger charge is 2.33. The van der Waals surface area contributed by atoms with Gasteiger partial charge in [-0.25, -0.2) is 4.79 Å². The Morgan fingerprint density at radius 2 is 1.29 bits per heavy atom. The number of carbonyl (C=O) groups excluding carboxylic acids is 3. The number of guanidine groups is 1. The minimum absolute atomic E-state index is 0.101. The normalized spacial score (nSPS) is 14.1. The van der Waals surface area contributed by atoms with Crippen molar-refractivity contribution in [2.24, 2.45) is 17.4 Å². The molecule has 198 valence electrons. The van der Waals surface area contributed by atoms with Gasteiger partial charge in [0.15, 0.2) is 5.96 Å². The summed E-state index contributed by atoms with van der Waals surface area (Å²) < 4.78 is 0. The summed E-state index contributed by atoms with van der Waals surface area (Å²) in [6.07, 6.45) is -1.41.